The largest absolute Gasteiger partial charge is 0.396 e. The van der Waals surface area contributed by atoms with E-state index in [1.165, 1.54) is 10.4 Å². The molecule has 1 saturated heterocycles. The van der Waals surface area contributed by atoms with Gasteiger partial charge in [0.15, 0.2) is 0 Å². The van der Waals surface area contributed by atoms with Crippen LogP contribution in [0.1, 0.15) is 6.42 Å². The summed E-state index contributed by atoms with van der Waals surface area (Å²) >= 11 is 0. The molecule has 1 aromatic carbocycles. The van der Waals surface area contributed by atoms with Crippen LogP contribution in [0.2, 0.25) is 0 Å². The minimum absolute atomic E-state index is 0.0676. The van der Waals surface area contributed by atoms with Gasteiger partial charge in [0, 0.05) is 25.8 Å². The molecule has 10 heteroatoms. The summed E-state index contributed by atoms with van der Waals surface area (Å²) in [7, 11) is -3.75. The van der Waals surface area contributed by atoms with Gasteiger partial charge in [0.1, 0.15) is 5.69 Å². The molecule has 2 rings (SSSR count). The summed E-state index contributed by atoms with van der Waals surface area (Å²) in [6.07, 6.45) is 0.588. The number of sulfonamides is 1. The van der Waals surface area contributed by atoms with Crippen LogP contribution in [-0.4, -0.2) is 42.4 Å². The molecule has 21 heavy (non-hydrogen) atoms. The maximum atomic E-state index is 12.5. The third-order valence-electron chi connectivity index (χ3n) is 3.46. The van der Waals surface area contributed by atoms with Crippen LogP contribution in [0.5, 0.6) is 0 Å². The van der Waals surface area contributed by atoms with E-state index in [9.17, 15) is 18.5 Å². The van der Waals surface area contributed by atoms with E-state index in [0.717, 1.165) is 12.1 Å². The van der Waals surface area contributed by atoms with Crippen molar-refractivity contribution in [3.63, 3.8) is 0 Å². The van der Waals surface area contributed by atoms with E-state index in [4.69, 9.17) is 10.9 Å². The van der Waals surface area contributed by atoms with E-state index in [1.54, 1.807) is 0 Å². The third-order valence-corrected chi connectivity index (χ3v) is 5.33. The fourth-order valence-electron chi connectivity index (χ4n) is 2.26. The van der Waals surface area contributed by atoms with Crippen LogP contribution in [0, 0.1) is 16.0 Å². The molecule has 0 aromatic heterocycles. The minimum atomic E-state index is -3.75. The Morgan fingerprint density at radius 3 is 2.76 bits per heavy atom. The number of nitro benzene ring substituents is 1. The lowest BCUT2D eigenvalue weighted by Crippen LogP contribution is -2.29. The van der Waals surface area contributed by atoms with Crippen molar-refractivity contribution >= 4 is 21.4 Å². The average Bonchev–Trinajstić information content (AvgIpc) is 2.96. The lowest BCUT2D eigenvalue weighted by molar-refractivity contribution is -0.384. The van der Waals surface area contributed by atoms with Gasteiger partial charge >= 0.3 is 0 Å². The number of nitrogens with zero attached hydrogens (tertiary/aromatic N) is 2. The number of nitrogens with two attached hydrogens (primary N) is 1. The van der Waals surface area contributed by atoms with Crippen molar-refractivity contribution in [1.82, 2.24) is 4.31 Å². The van der Waals surface area contributed by atoms with Crippen molar-refractivity contribution in [3.05, 3.63) is 28.3 Å². The maximum Gasteiger partial charge on any atom is 0.293 e. The van der Waals surface area contributed by atoms with E-state index >= 15 is 0 Å². The summed E-state index contributed by atoms with van der Waals surface area (Å²) in [6.45, 7) is 0.485. The first kappa shape index (κ1) is 15.6. The topological polar surface area (TPSA) is 139 Å². The normalized spacial score (nSPS) is 19.6. The Morgan fingerprint density at radius 2 is 2.24 bits per heavy atom. The number of aliphatic hydroxyl groups is 1. The number of nitrogens with one attached hydrogen (secondary N) is 1. The van der Waals surface area contributed by atoms with Gasteiger partial charge in [-0.15, -0.1) is 0 Å². The first-order valence-corrected chi connectivity index (χ1v) is 7.70. The molecule has 1 heterocycles. The van der Waals surface area contributed by atoms with Crippen molar-refractivity contribution in [1.29, 1.82) is 0 Å². The van der Waals surface area contributed by atoms with Gasteiger partial charge in [-0.05, 0) is 24.5 Å². The highest BCUT2D eigenvalue weighted by atomic mass is 32.2. The van der Waals surface area contributed by atoms with E-state index in [-0.39, 0.29) is 35.3 Å². The molecule has 4 N–H and O–H groups in total. The van der Waals surface area contributed by atoms with Crippen LogP contribution >= 0.6 is 0 Å². The highest BCUT2D eigenvalue weighted by molar-refractivity contribution is 7.89. The van der Waals surface area contributed by atoms with E-state index in [2.05, 4.69) is 5.43 Å². The van der Waals surface area contributed by atoms with Crippen LogP contribution < -0.4 is 11.3 Å². The van der Waals surface area contributed by atoms with Crippen LogP contribution in [-0.2, 0) is 10.0 Å². The number of anilines is 1. The third kappa shape index (κ3) is 2.97. The van der Waals surface area contributed by atoms with Crippen molar-refractivity contribution in [3.8, 4) is 0 Å². The number of benzene rings is 1. The Bertz CT molecular complexity index is 648. The first-order chi connectivity index (χ1) is 9.90. The lowest BCUT2D eigenvalue weighted by atomic mass is 10.1. The minimum Gasteiger partial charge on any atom is -0.396 e. The molecule has 1 unspecified atom stereocenters. The van der Waals surface area contributed by atoms with E-state index in [0.29, 0.717) is 13.0 Å². The van der Waals surface area contributed by atoms with Gasteiger partial charge in [-0.25, -0.2) is 8.42 Å². The highest BCUT2D eigenvalue weighted by Crippen LogP contribution is 2.30. The van der Waals surface area contributed by atoms with Crippen molar-refractivity contribution in [2.75, 3.05) is 25.1 Å². The molecule has 0 radical (unpaired) electrons. The zero-order chi connectivity index (χ0) is 15.6. The molecular formula is C11H16N4O5S. The Labute approximate surface area is 121 Å². The second kappa shape index (κ2) is 5.93. The van der Waals surface area contributed by atoms with Gasteiger partial charge in [-0.2, -0.15) is 4.31 Å². The molecule has 0 saturated carbocycles. The van der Waals surface area contributed by atoms with Crippen LogP contribution in [0.25, 0.3) is 0 Å². The average molecular weight is 316 g/mol. The van der Waals surface area contributed by atoms with Gasteiger partial charge in [-0.3, -0.25) is 16.0 Å². The molecule has 9 nitrogen and oxygen atoms in total. The molecule has 1 aromatic rings. The van der Waals surface area contributed by atoms with E-state index < -0.39 is 14.9 Å². The predicted octanol–water partition coefficient (Wildman–Crippen LogP) is -0.117. The van der Waals surface area contributed by atoms with Crippen molar-refractivity contribution in [2.24, 2.45) is 11.8 Å². The second-order valence-electron chi connectivity index (χ2n) is 4.78. The Kier molecular flexibility index (Phi) is 4.42. The monoisotopic (exact) mass is 316 g/mol. The Morgan fingerprint density at radius 1 is 1.52 bits per heavy atom. The zero-order valence-electron chi connectivity index (χ0n) is 11.1. The lowest BCUT2D eigenvalue weighted by Gasteiger charge is -2.16. The molecule has 0 bridgehead atoms. The number of hydrogen-bond donors (Lipinski definition) is 3. The van der Waals surface area contributed by atoms with E-state index in [1.807, 2.05) is 0 Å². The SMILES string of the molecule is NNc1cc(S(=O)(=O)N2CCC(CO)C2)ccc1[N+](=O)[O-]. The summed E-state index contributed by atoms with van der Waals surface area (Å²) in [6, 6.07) is 3.42. The quantitative estimate of drug-likeness (QED) is 0.391. The number of rotatable bonds is 5. The Balaban J connectivity index is 2.35. The fraction of sp³-hybridized carbons (Fsp3) is 0.455. The molecule has 1 aliphatic heterocycles. The zero-order valence-corrected chi connectivity index (χ0v) is 11.9. The smallest absolute Gasteiger partial charge is 0.293 e. The fourth-order valence-corrected chi connectivity index (χ4v) is 3.82. The van der Waals surface area contributed by atoms with Crippen molar-refractivity contribution < 1.29 is 18.4 Å². The summed E-state index contributed by atoms with van der Waals surface area (Å²) in [5, 5.41) is 19.9. The molecule has 0 aliphatic carbocycles. The van der Waals surface area contributed by atoms with Gasteiger partial charge in [0.05, 0.1) is 9.82 Å². The second-order valence-corrected chi connectivity index (χ2v) is 6.72. The molecular weight excluding hydrogens is 300 g/mol. The maximum absolute atomic E-state index is 12.5. The first-order valence-electron chi connectivity index (χ1n) is 6.26. The molecule has 1 fully saturated rings. The standard InChI is InChI=1S/C11H16N4O5S/c12-13-10-5-9(1-2-11(10)15(17)18)21(19,20)14-4-3-8(6-14)7-16/h1-2,5,8,13,16H,3-4,6-7,12H2. The number of hydrazine groups is 1. The predicted molar refractivity (Wildman–Crippen MR) is 74.9 cm³/mol. The summed E-state index contributed by atoms with van der Waals surface area (Å²) in [5.41, 5.74) is 1.77. The summed E-state index contributed by atoms with van der Waals surface area (Å²) in [5.74, 6) is 5.12. The molecule has 0 spiro atoms. The van der Waals surface area contributed by atoms with Gasteiger partial charge in [-0.1, -0.05) is 0 Å². The molecule has 116 valence electrons. The molecule has 0 amide bonds. The summed E-state index contributed by atoms with van der Waals surface area (Å²) < 4.78 is 26.2. The van der Waals surface area contributed by atoms with Gasteiger partial charge in [0.25, 0.3) is 5.69 Å². The molecule has 1 atom stereocenters. The number of nitrogen functional groups attached to an aromatic ring is 1. The number of hydrogen-bond acceptors (Lipinski definition) is 7. The van der Waals surface area contributed by atoms with Crippen LogP contribution in [0.3, 0.4) is 0 Å². The van der Waals surface area contributed by atoms with Gasteiger partial charge in [0.2, 0.25) is 10.0 Å². The van der Waals surface area contributed by atoms with Crippen LogP contribution in [0.15, 0.2) is 23.1 Å². The van der Waals surface area contributed by atoms with Gasteiger partial charge < -0.3 is 10.5 Å². The molecule has 1 aliphatic rings. The summed E-state index contributed by atoms with van der Waals surface area (Å²) in [4.78, 5) is 10.1. The highest BCUT2D eigenvalue weighted by Gasteiger charge is 2.33. The Hall–Kier alpha value is -1.75. The number of aliphatic hydroxyl groups excluding tert-OH is 1. The van der Waals surface area contributed by atoms with Crippen LogP contribution in [0.4, 0.5) is 11.4 Å². The number of nitro groups is 1. The van der Waals surface area contributed by atoms with Crippen molar-refractivity contribution in [2.45, 2.75) is 11.3 Å².